The molecular formula is C14H15N3O4S. The van der Waals surface area contributed by atoms with Crippen molar-refractivity contribution in [3.63, 3.8) is 0 Å². The van der Waals surface area contributed by atoms with Crippen molar-refractivity contribution in [1.29, 1.82) is 0 Å². The van der Waals surface area contributed by atoms with Gasteiger partial charge in [-0.25, -0.2) is 13.6 Å². The lowest BCUT2D eigenvalue weighted by Gasteiger charge is -2.10. The van der Waals surface area contributed by atoms with E-state index in [1.54, 1.807) is 6.07 Å². The summed E-state index contributed by atoms with van der Waals surface area (Å²) < 4.78 is 27.9. The lowest BCUT2D eigenvalue weighted by molar-refractivity contribution is -0.117. The van der Waals surface area contributed by atoms with Crippen molar-refractivity contribution < 1.29 is 17.7 Å². The summed E-state index contributed by atoms with van der Waals surface area (Å²) in [6, 6.07) is 9.31. The lowest BCUT2D eigenvalue weighted by Crippen LogP contribution is -2.31. The summed E-state index contributed by atoms with van der Waals surface area (Å²) in [6.45, 7) is 1.97. The van der Waals surface area contributed by atoms with Gasteiger partial charge in [0.2, 0.25) is 21.8 Å². The van der Waals surface area contributed by atoms with Crippen LogP contribution in [0.25, 0.3) is 11.3 Å². The van der Waals surface area contributed by atoms with E-state index in [0.29, 0.717) is 5.69 Å². The molecule has 8 heteroatoms. The number of amides is 1. The van der Waals surface area contributed by atoms with E-state index in [9.17, 15) is 13.2 Å². The number of carbonyl (C=O) groups excluding carboxylic acids is 1. The quantitative estimate of drug-likeness (QED) is 0.909. The van der Waals surface area contributed by atoms with Gasteiger partial charge in [0, 0.05) is 24.6 Å². The molecule has 0 radical (unpaired) electrons. The molecule has 0 spiro atoms. The number of nitrogens with two attached hydrogens (primary N) is 1. The van der Waals surface area contributed by atoms with Gasteiger partial charge in [-0.2, -0.15) is 0 Å². The first-order chi connectivity index (χ1) is 10.3. The molecule has 1 saturated heterocycles. The monoisotopic (exact) mass is 321 g/mol. The molecule has 1 aromatic heterocycles. The molecule has 2 aromatic rings. The van der Waals surface area contributed by atoms with E-state index in [0.717, 1.165) is 11.1 Å². The fraction of sp³-hybridized carbons (Fsp3) is 0.286. The summed E-state index contributed by atoms with van der Waals surface area (Å²) in [5.74, 6) is -0.114. The number of primary sulfonamides is 1. The van der Waals surface area contributed by atoms with E-state index >= 15 is 0 Å². The molecule has 3 rings (SSSR count). The fourth-order valence-corrected chi connectivity index (χ4v) is 3.09. The lowest BCUT2D eigenvalue weighted by atomic mass is 10.1. The van der Waals surface area contributed by atoms with Gasteiger partial charge in [-0.1, -0.05) is 35.0 Å². The molecule has 1 fully saturated rings. The molecule has 1 atom stereocenters. The number of nitrogens with zero attached hydrogens (tertiary/aromatic N) is 2. The van der Waals surface area contributed by atoms with Gasteiger partial charge < -0.3 is 4.52 Å². The first-order valence-electron chi connectivity index (χ1n) is 6.70. The van der Waals surface area contributed by atoms with Gasteiger partial charge in [0.25, 0.3) is 0 Å². The highest BCUT2D eigenvalue weighted by atomic mass is 32.2. The van der Waals surface area contributed by atoms with Gasteiger partial charge in [0.1, 0.15) is 10.9 Å². The molecule has 2 heterocycles. The van der Waals surface area contributed by atoms with Crippen LogP contribution in [0.4, 0.5) is 5.88 Å². The summed E-state index contributed by atoms with van der Waals surface area (Å²) >= 11 is 0. The van der Waals surface area contributed by atoms with Gasteiger partial charge in [-0.15, -0.1) is 0 Å². The zero-order chi connectivity index (χ0) is 15.9. The maximum atomic E-state index is 11.9. The first-order valence-corrected chi connectivity index (χ1v) is 8.31. The Morgan fingerprint density at radius 3 is 2.59 bits per heavy atom. The highest BCUT2D eigenvalue weighted by molar-refractivity contribution is 7.89. The van der Waals surface area contributed by atoms with Crippen molar-refractivity contribution >= 4 is 21.8 Å². The normalized spacial score (nSPS) is 18.9. The number of sulfonamides is 1. The predicted octanol–water partition coefficient (Wildman–Crippen LogP) is 1.04. The van der Waals surface area contributed by atoms with E-state index in [2.05, 4.69) is 5.16 Å². The molecule has 1 aromatic carbocycles. The number of benzene rings is 1. The number of aryl methyl sites for hydroxylation is 1. The Bertz CT molecular complexity index is 811. The number of carbonyl (C=O) groups is 1. The maximum absolute atomic E-state index is 11.9. The van der Waals surface area contributed by atoms with Crippen molar-refractivity contribution in [1.82, 2.24) is 5.16 Å². The molecule has 1 aliphatic heterocycles. The average Bonchev–Trinajstić information content (AvgIpc) is 3.05. The van der Waals surface area contributed by atoms with Crippen LogP contribution in [0.1, 0.15) is 12.0 Å². The maximum Gasteiger partial charge on any atom is 0.234 e. The second kappa shape index (κ2) is 5.22. The largest absolute Gasteiger partial charge is 0.338 e. The Labute approximate surface area is 127 Å². The molecule has 1 aliphatic rings. The number of anilines is 1. The Hall–Kier alpha value is -2.19. The second-order valence-corrected chi connectivity index (χ2v) is 7.18. The van der Waals surface area contributed by atoms with Gasteiger partial charge in [-0.3, -0.25) is 9.69 Å². The molecule has 0 bridgehead atoms. The fourth-order valence-electron chi connectivity index (χ4n) is 2.36. The zero-order valence-electron chi connectivity index (χ0n) is 11.9. The van der Waals surface area contributed by atoms with Gasteiger partial charge in [-0.05, 0) is 6.92 Å². The molecule has 7 nitrogen and oxygen atoms in total. The minimum Gasteiger partial charge on any atom is -0.338 e. The number of aromatic nitrogens is 1. The molecule has 22 heavy (non-hydrogen) atoms. The third-order valence-electron chi connectivity index (χ3n) is 3.67. The minimum absolute atomic E-state index is 0.0137. The van der Waals surface area contributed by atoms with Crippen LogP contribution in [0.5, 0.6) is 0 Å². The topological polar surface area (TPSA) is 106 Å². The predicted molar refractivity (Wildman–Crippen MR) is 80.5 cm³/mol. The van der Waals surface area contributed by atoms with Crippen molar-refractivity contribution in [2.45, 2.75) is 18.6 Å². The highest BCUT2D eigenvalue weighted by Gasteiger charge is 2.38. The van der Waals surface area contributed by atoms with Crippen molar-refractivity contribution in [2.24, 2.45) is 5.14 Å². The molecule has 0 aliphatic carbocycles. The second-order valence-electron chi connectivity index (χ2n) is 5.34. The third kappa shape index (κ3) is 2.75. The van der Waals surface area contributed by atoms with E-state index in [4.69, 9.17) is 9.66 Å². The smallest absolute Gasteiger partial charge is 0.234 e. The molecule has 1 amide bonds. The summed E-state index contributed by atoms with van der Waals surface area (Å²) in [6.07, 6.45) is -0.139. The molecule has 0 saturated carbocycles. The number of hydrogen-bond acceptors (Lipinski definition) is 5. The van der Waals surface area contributed by atoms with Gasteiger partial charge in [0.15, 0.2) is 0 Å². The van der Waals surface area contributed by atoms with E-state index < -0.39 is 15.3 Å². The summed E-state index contributed by atoms with van der Waals surface area (Å²) in [4.78, 5) is 13.2. The van der Waals surface area contributed by atoms with Crippen LogP contribution in [0, 0.1) is 6.92 Å². The van der Waals surface area contributed by atoms with Crippen LogP contribution in [-0.4, -0.2) is 31.3 Å². The van der Waals surface area contributed by atoms with Gasteiger partial charge in [0.05, 0.1) is 0 Å². The van der Waals surface area contributed by atoms with Crippen molar-refractivity contribution in [3.05, 3.63) is 35.9 Å². The van der Waals surface area contributed by atoms with Crippen molar-refractivity contribution in [3.8, 4) is 11.3 Å². The van der Waals surface area contributed by atoms with Gasteiger partial charge >= 0.3 is 0 Å². The third-order valence-corrected chi connectivity index (χ3v) is 4.91. The Kier molecular flexibility index (Phi) is 3.50. The van der Waals surface area contributed by atoms with Crippen LogP contribution in [0.3, 0.4) is 0 Å². The molecular weight excluding hydrogens is 306 g/mol. The average molecular weight is 321 g/mol. The number of hydrogen-bond donors (Lipinski definition) is 1. The van der Waals surface area contributed by atoms with Crippen LogP contribution in [0.2, 0.25) is 0 Å². The molecule has 1 unspecified atom stereocenters. The van der Waals surface area contributed by atoms with Crippen LogP contribution < -0.4 is 10.0 Å². The molecule has 2 N–H and O–H groups in total. The minimum atomic E-state index is -3.75. The van der Waals surface area contributed by atoms with Crippen LogP contribution in [-0.2, 0) is 14.8 Å². The van der Waals surface area contributed by atoms with E-state index in [-0.39, 0.29) is 24.8 Å². The van der Waals surface area contributed by atoms with E-state index in [1.165, 1.54) is 4.90 Å². The summed E-state index contributed by atoms with van der Waals surface area (Å²) in [5, 5.41) is 8.12. The van der Waals surface area contributed by atoms with Crippen LogP contribution >= 0.6 is 0 Å². The first kappa shape index (κ1) is 14.7. The van der Waals surface area contributed by atoms with E-state index in [1.807, 2.05) is 31.2 Å². The van der Waals surface area contributed by atoms with Crippen molar-refractivity contribution in [2.75, 3.05) is 11.4 Å². The summed E-state index contributed by atoms with van der Waals surface area (Å²) in [5.41, 5.74) is 2.57. The standard InChI is InChI=1S/C14H15N3O4S/c1-9-2-4-10(5-3-9)12-7-14(21-16-12)17-8-11(6-13(17)18)22(15,19)20/h2-5,7,11H,6,8H2,1H3,(H2,15,19,20). The summed E-state index contributed by atoms with van der Waals surface area (Å²) in [7, 11) is -3.75. The zero-order valence-corrected chi connectivity index (χ0v) is 12.7. The Balaban J connectivity index is 1.85. The number of rotatable bonds is 3. The Morgan fingerprint density at radius 1 is 1.32 bits per heavy atom. The highest BCUT2D eigenvalue weighted by Crippen LogP contribution is 2.28. The molecule has 116 valence electrons. The SMILES string of the molecule is Cc1ccc(-c2cc(N3CC(S(N)(=O)=O)CC3=O)on2)cc1. The van der Waals surface area contributed by atoms with Crippen LogP contribution in [0.15, 0.2) is 34.9 Å². The Morgan fingerprint density at radius 2 is 2.00 bits per heavy atom.